The zero-order valence-corrected chi connectivity index (χ0v) is 26.7. The molecule has 7 aromatic carbocycles. The molecule has 0 unspecified atom stereocenters. The molecule has 0 N–H and O–H groups in total. The summed E-state index contributed by atoms with van der Waals surface area (Å²) in [5.41, 5.74) is 10.3. The molecule has 234 valence electrons. The zero-order valence-electron chi connectivity index (χ0n) is 26.7. The van der Waals surface area contributed by atoms with Crippen LogP contribution in [-0.2, 0) is 0 Å². The summed E-state index contributed by atoms with van der Waals surface area (Å²) in [6.45, 7) is 0. The van der Waals surface area contributed by atoms with Crippen molar-refractivity contribution in [3.63, 3.8) is 0 Å². The Morgan fingerprint density at radius 3 is 1.58 bits per heavy atom. The SMILES string of the molecule is c1ccc(-c2ccc(-c3cccc(-c4nc(-c5ccc6c(c5)oc5ccccc56)nc(-c5cccc6c5oc5ccccc56)n4)c3)cc2)cc1. The van der Waals surface area contributed by atoms with E-state index in [4.69, 9.17) is 23.8 Å². The van der Waals surface area contributed by atoms with Crippen molar-refractivity contribution >= 4 is 43.9 Å². The predicted molar refractivity (Wildman–Crippen MR) is 202 cm³/mol. The molecule has 50 heavy (non-hydrogen) atoms. The highest BCUT2D eigenvalue weighted by atomic mass is 16.3. The fraction of sp³-hybridized carbons (Fsp3) is 0. The number of furan rings is 2. The van der Waals surface area contributed by atoms with Crippen LogP contribution in [-0.4, -0.2) is 15.0 Å². The molecule has 0 aliphatic rings. The second-order valence-corrected chi connectivity index (χ2v) is 12.4. The standard InChI is InChI=1S/C45H27N3O2/c1-2-10-28(11-3-1)29-20-22-30(23-21-29)31-12-8-13-32(26-31)43-46-44(33-24-25-36-34-14-4-6-18-39(34)49-41(36)27-33)48-45(47-43)38-17-9-16-37-35-15-5-7-19-40(35)50-42(37)38/h1-27H. The minimum atomic E-state index is 0.539. The molecule has 10 aromatic rings. The molecule has 0 spiro atoms. The van der Waals surface area contributed by atoms with Gasteiger partial charge in [0, 0.05) is 32.7 Å². The first-order chi connectivity index (χ1) is 24.7. The minimum absolute atomic E-state index is 0.539. The van der Waals surface area contributed by atoms with Gasteiger partial charge in [-0.3, -0.25) is 0 Å². The van der Waals surface area contributed by atoms with Gasteiger partial charge in [0.05, 0.1) is 5.56 Å². The summed E-state index contributed by atoms with van der Waals surface area (Å²) < 4.78 is 12.7. The molecule has 0 saturated heterocycles. The summed E-state index contributed by atoms with van der Waals surface area (Å²) in [5.74, 6) is 1.67. The molecule has 3 heterocycles. The third kappa shape index (κ3) is 4.75. The van der Waals surface area contributed by atoms with Gasteiger partial charge >= 0.3 is 0 Å². The van der Waals surface area contributed by atoms with Crippen molar-refractivity contribution in [2.75, 3.05) is 0 Å². The van der Waals surface area contributed by atoms with E-state index in [0.717, 1.165) is 71.7 Å². The van der Waals surface area contributed by atoms with E-state index in [9.17, 15) is 0 Å². The summed E-state index contributed by atoms with van der Waals surface area (Å²) >= 11 is 0. The number of rotatable bonds is 5. The van der Waals surface area contributed by atoms with E-state index in [2.05, 4.69) is 103 Å². The van der Waals surface area contributed by atoms with Crippen molar-refractivity contribution in [2.45, 2.75) is 0 Å². The van der Waals surface area contributed by atoms with Crippen LogP contribution in [0.2, 0.25) is 0 Å². The summed E-state index contributed by atoms with van der Waals surface area (Å²) in [5, 5.41) is 4.21. The van der Waals surface area contributed by atoms with Crippen LogP contribution in [0, 0.1) is 0 Å². The van der Waals surface area contributed by atoms with Crippen molar-refractivity contribution in [3.05, 3.63) is 164 Å². The van der Waals surface area contributed by atoms with Crippen molar-refractivity contribution in [1.82, 2.24) is 15.0 Å². The van der Waals surface area contributed by atoms with E-state index in [-0.39, 0.29) is 0 Å². The van der Waals surface area contributed by atoms with E-state index < -0.39 is 0 Å². The van der Waals surface area contributed by atoms with Gasteiger partial charge in [0.25, 0.3) is 0 Å². The highest BCUT2D eigenvalue weighted by molar-refractivity contribution is 6.09. The van der Waals surface area contributed by atoms with Crippen LogP contribution in [0.3, 0.4) is 0 Å². The summed E-state index contributed by atoms with van der Waals surface area (Å²) in [6.07, 6.45) is 0. The summed E-state index contributed by atoms with van der Waals surface area (Å²) in [6, 6.07) is 55.9. The molecule has 0 atom stereocenters. The van der Waals surface area contributed by atoms with Gasteiger partial charge in [0.15, 0.2) is 17.5 Å². The highest BCUT2D eigenvalue weighted by Crippen LogP contribution is 2.37. The molecule has 0 bridgehead atoms. The van der Waals surface area contributed by atoms with Crippen LogP contribution in [0.1, 0.15) is 0 Å². The topological polar surface area (TPSA) is 65.0 Å². The van der Waals surface area contributed by atoms with Gasteiger partial charge < -0.3 is 8.83 Å². The van der Waals surface area contributed by atoms with E-state index in [1.165, 1.54) is 11.1 Å². The van der Waals surface area contributed by atoms with Crippen LogP contribution in [0.15, 0.2) is 173 Å². The lowest BCUT2D eigenvalue weighted by atomic mass is 9.99. The summed E-state index contributed by atoms with van der Waals surface area (Å²) in [4.78, 5) is 15.3. The smallest absolute Gasteiger partial charge is 0.167 e. The van der Waals surface area contributed by atoms with Crippen LogP contribution in [0.4, 0.5) is 0 Å². The van der Waals surface area contributed by atoms with Gasteiger partial charge in [-0.05, 0) is 58.7 Å². The van der Waals surface area contributed by atoms with Crippen molar-refractivity contribution < 1.29 is 8.83 Å². The Morgan fingerprint density at radius 1 is 0.300 bits per heavy atom. The molecule has 0 amide bonds. The number of hydrogen-bond acceptors (Lipinski definition) is 5. The number of nitrogens with zero attached hydrogens (tertiary/aromatic N) is 3. The molecule has 3 aromatic heterocycles. The van der Waals surface area contributed by atoms with Crippen molar-refractivity contribution in [3.8, 4) is 56.4 Å². The Hall–Kier alpha value is -6.85. The number of para-hydroxylation sites is 3. The zero-order chi connectivity index (χ0) is 33.0. The normalized spacial score (nSPS) is 11.6. The van der Waals surface area contributed by atoms with E-state index in [1.807, 2.05) is 60.7 Å². The minimum Gasteiger partial charge on any atom is -0.456 e. The average molecular weight is 642 g/mol. The largest absolute Gasteiger partial charge is 0.456 e. The van der Waals surface area contributed by atoms with Gasteiger partial charge in [-0.2, -0.15) is 0 Å². The van der Waals surface area contributed by atoms with Gasteiger partial charge in [-0.1, -0.05) is 127 Å². The van der Waals surface area contributed by atoms with Crippen LogP contribution < -0.4 is 0 Å². The average Bonchev–Trinajstić information content (AvgIpc) is 3.76. The fourth-order valence-corrected chi connectivity index (χ4v) is 6.87. The third-order valence-electron chi connectivity index (χ3n) is 9.36. The Kier molecular flexibility index (Phi) is 6.42. The Labute approximate surface area is 287 Å². The maximum absolute atomic E-state index is 6.42. The first-order valence-electron chi connectivity index (χ1n) is 16.6. The van der Waals surface area contributed by atoms with Crippen LogP contribution >= 0.6 is 0 Å². The molecule has 0 radical (unpaired) electrons. The predicted octanol–water partition coefficient (Wildman–Crippen LogP) is 12.0. The van der Waals surface area contributed by atoms with Gasteiger partial charge in [-0.25, -0.2) is 15.0 Å². The fourth-order valence-electron chi connectivity index (χ4n) is 6.87. The Balaban J connectivity index is 1.13. The van der Waals surface area contributed by atoms with Gasteiger partial charge in [0.1, 0.15) is 22.3 Å². The lowest BCUT2D eigenvalue weighted by Gasteiger charge is -2.10. The Bertz CT molecular complexity index is 2870. The second kappa shape index (κ2) is 11.4. The molecule has 0 aliphatic carbocycles. The second-order valence-electron chi connectivity index (χ2n) is 12.4. The molecule has 5 nitrogen and oxygen atoms in total. The molecule has 0 saturated carbocycles. The molecular weight excluding hydrogens is 615 g/mol. The number of benzene rings is 7. The van der Waals surface area contributed by atoms with Crippen molar-refractivity contribution in [1.29, 1.82) is 0 Å². The van der Waals surface area contributed by atoms with E-state index in [0.29, 0.717) is 17.5 Å². The Morgan fingerprint density at radius 2 is 0.800 bits per heavy atom. The lowest BCUT2D eigenvalue weighted by Crippen LogP contribution is -2.00. The lowest BCUT2D eigenvalue weighted by molar-refractivity contribution is 0.668. The first-order valence-corrected chi connectivity index (χ1v) is 16.6. The molecule has 5 heteroatoms. The van der Waals surface area contributed by atoms with Crippen LogP contribution in [0.5, 0.6) is 0 Å². The monoisotopic (exact) mass is 641 g/mol. The van der Waals surface area contributed by atoms with Crippen molar-refractivity contribution in [2.24, 2.45) is 0 Å². The molecule has 0 aliphatic heterocycles. The third-order valence-corrected chi connectivity index (χ3v) is 9.36. The highest BCUT2D eigenvalue weighted by Gasteiger charge is 2.19. The van der Waals surface area contributed by atoms with E-state index >= 15 is 0 Å². The number of fused-ring (bicyclic) bond motifs is 6. The molecular formula is C45H27N3O2. The molecule has 10 rings (SSSR count). The first kappa shape index (κ1) is 28.2. The molecule has 0 fully saturated rings. The summed E-state index contributed by atoms with van der Waals surface area (Å²) in [7, 11) is 0. The van der Waals surface area contributed by atoms with Crippen LogP contribution in [0.25, 0.3) is 100 Å². The van der Waals surface area contributed by atoms with Gasteiger partial charge in [-0.15, -0.1) is 0 Å². The maximum Gasteiger partial charge on any atom is 0.167 e. The van der Waals surface area contributed by atoms with Gasteiger partial charge in [0.2, 0.25) is 0 Å². The van der Waals surface area contributed by atoms with E-state index in [1.54, 1.807) is 0 Å². The number of hydrogen-bond donors (Lipinski definition) is 0. The number of aromatic nitrogens is 3. The quantitative estimate of drug-likeness (QED) is 0.187. The maximum atomic E-state index is 6.42.